The summed E-state index contributed by atoms with van der Waals surface area (Å²) in [4.78, 5) is 11.1. The summed E-state index contributed by atoms with van der Waals surface area (Å²) in [6, 6.07) is 20.4. The molecular weight excluding hydrogens is 310 g/mol. The topological polar surface area (TPSA) is 53.1 Å². The maximum atomic E-state index is 4.56. The van der Waals surface area contributed by atoms with Crippen molar-refractivity contribution < 1.29 is 0 Å². The van der Waals surface area contributed by atoms with E-state index in [4.69, 9.17) is 0 Å². The number of hydrogen-bond acceptors (Lipinski definition) is 5. The molecule has 0 bridgehead atoms. The van der Waals surface area contributed by atoms with Crippen LogP contribution >= 0.6 is 0 Å². The van der Waals surface area contributed by atoms with E-state index < -0.39 is 0 Å². The molecule has 0 aliphatic carbocycles. The highest BCUT2D eigenvalue weighted by Gasteiger charge is 2.04. The van der Waals surface area contributed by atoms with Gasteiger partial charge in [0, 0.05) is 43.8 Å². The zero-order valence-corrected chi connectivity index (χ0v) is 14.8. The standard InChI is InChI=1S/C20H23N5/c1-15-13-19(21-14-16-7-5-4-6-8-16)24-20(22-15)23-17-9-11-18(12-10-17)25(2)3/h4-13H,14H2,1-3H3,(H2,21,22,23,24). The molecule has 2 N–H and O–H groups in total. The van der Waals surface area contributed by atoms with Crippen LogP contribution in [0.5, 0.6) is 0 Å². The fraction of sp³-hybridized carbons (Fsp3) is 0.200. The Morgan fingerprint density at radius 1 is 0.920 bits per heavy atom. The summed E-state index contributed by atoms with van der Waals surface area (Å²) in [5.74, 6) is 1.40. The van der Waals surface area contributed by atoms with E-state index >= 15 is 0 Å². The molecule has 0 saturated carbocycles. The third-order valence-electron chi connectivity index (χ3n) is 3.81. The lowest BCUT2D eigenvalue weighted by Crippen LogP contribution is -2.08. The van der Waals surface area contributed by atoms with Crippen molar-refractivity contribution in [1.29, 1.82) is 0 Å². The van der Waals surface area contributed by atoms with Gasteiger partial charge in [-0.15, -0.1) is 0 Å². The van der Waals surface area contributed by atoms with Gasteiger partial charge in [-0.3, -0.25) is 0 Å². The van der Waals surface area contributed by atoms with Gasteiger partial charge in [0.15, 0.2) is 0 Å². The van der Waals surface area contributed by atoms with Gasteiger partial charge in [0.25, 0.3) is 0 Å². The molecule has 0 atom stereocenters. The first-order valence-corrected chi connectivity index (χ1v) is 8.28. The molecule has 0 saturated heterocycles. The van der Waals surface area contributed by atoms with Crippen LogP contribution < -0.4 is 15.5 Å². The van der Waals surface area contributed by atoms with Gasteiger partial charge in [-0.1, -0.05) is 30.3 Å². The van der Waals surface area contributed by atoms with Crippen molar-refractivity contribution >= 4 is 23.1 Å². The number of rotatable bonds is 6. The van der Waals surface area contributed by atoms with Gasteiger partial charge in [0.1, 0.15) is 5.82 Å². The van der Waals surface area contributed by atoms with Gasteiger partial charge in [-0.05, 0) is 36.8 Å². The minimum atomic E-state index is 0.591. The van der Waals surface area contributed by atoms with Gasteiger partial charge in [-0.2, -0.15) is 4.98 Å². The Morgan fingerprint density at radius 3 is 2.32 bits per heavy atom. The Bertz CT molecular complexity index is 813. The first-order chi connectivity index (χ1) is 12.1. The molecule has 3 rings (SSSR count). The van der Waals surface area contributed by atoms with Crippen LogP contribution in [-0.4, -0.2) is 24.1 Å². The van der Waals surface area contributed by atoms with E-state index in [0.717, 1.165) is 29.4 Å². The summed E-state index contributed by atoms with van der Waals surface area (Å²) in [6.07, 6.45) is 0. The minimum absolute atomic E-state index is 0.591. The molecule has 0 aliphatic rings. The molecule has 1 aromatic heterocycles. The molecule has 1 heterocycles. The SMILES string of the molecule is Cc1cc(NCc2ccccc2)nc(Nc2ccc(N(C)C)cc2)n1. The zero-order valence-electron chi connectivity index (χ0n) is 14.8. The average molecular weight is 333 g/mol. The number of benzene rings is 2. The molecule has 0 unspecified atom stereocenters. The van der Waals surface area contributed by atoms with E-state index in [0.29, 0.717) is 5.95 Å². The van der Waals surface area contributed by atoms with E-state index in [9.17, 15) is 0 Å². The lowest BCUT2D eigenvalue weighted by atomic mass is 10.2. The number of aryl methyl sites for hydroxylation is 1. The quantitative estimate of drug-likeness (QED) is 0.708. The predicted molar refractivity (Wildman–Crippen MR) is 105 cm³/mol. The smallest absolute Gasteiger partial charge is 0.229 e. The summed E-state index contributed by atoms with van der Waals surface area (Å²) in [5, 5.41) is 6.62. The number of hydrogen-bond donors (Lipinski definition) is 2. The second-order valence-corrected chi connectivity index (χ2v) is 6.12. The number of nitrogens with zero attached hydrogens (tertiary/aromatic N) is 3. The summed E-state index contributed by atoms with van der Waals surface area (Å²) in [5.41, 5.74) is 4.25. The molecule has 2 aromatic carbocycles. The fourth-order valence-electron chi connectivity index (χ4n) is 2.48. The molecule has 0 amide bonds. The highest BCUT2D eigenvalue weighted by molar-refractivity contribution is 5.59. The molecule has 0 fully saturated rings. The van der Waals surface area contributed by atoms with Gasteiger partial charge in [0.2, 0.25) is 5.95 Å². The molecule has 0 spiro atoms. The van der Waals surface area contributed by atoms with Gasteiger partial charge in [-0.25, -0.2) is 4.98 Å². The number of anilines is 4. The van der Waals surface area contributed by atoms with Crippen LogP contribution in [0, 0.1) is 6.92 Å². The molecule has 3 aromatic rings. The second-order valence-electron chi connectivity index (χ2n) is 6.12. The van der Waals surface area contributed by atoms with E-state index in [2.05, 4.69) is 49.8 Å². The first-order valence-electron chi connectivity index (χ1n) is 8.28. The molecule has 5 heteroatoms. The van der Waals surface area contributed by atoms with Crippen molar-refractivity contribution in [2.75, 3.05) is 29.6 Å². The van der Waals surface area contributed by atoms with Crippen molar-refractivity contribution in [3.8, 4) is 0 Å². The van der Waals surface area contributed by atoms with Crippen LogP contribution in [0.4, 0.5) is 23.1 Å². The third kappa shape index (κ3) is 4.70. The molecule has 5 nitrogen and oxygen atoms in total. The minimum Gasteiger partial charge on any atom is -0.378 e. The molecule has 0 aliphatic heterocycles. The van der Waals surface area contributed by atoms with Gasteiger partial charge < -0.3 is 15.5 Å². The number of nitrogens with one attached hydrogen (secondary N) is 2. The van der Waals surface area contributed by atoms with E-state index in [-0.39, 0.29) is 0 Å². The van der Waals surface area contributed by atoms with Crippen LogP contribution in [0.2, 0.25) is 0 Å². The van der Waals surface area contributed by atoms with Gasteiger partial charge in [0.05, 0.1) is 0 Å². The lowest BCUT2D eigenvalue weighted by Gasteiger charge is -2.13. The normalized spacial score (nSPS) is 10.4. The molecule has 25 heavy (non-hydrogen) atoms. The summed E-state index contributed by atoms with van der Waals surface area (Å²) < 4.78 is 0. The number of aromatic nitrogens is 2. The Labute approximate surface area is 148 Å². The maximum absolute atomic E-state index is 4.56. The summed E-state index contributed by atoms with van der Waals surface area (Å²) >= 11 is 0. The second kappa shape index (κ2) is 7.66. The lowest BCUT2D eigenvalue weighted by molar-refractivity contribution is 1.06. The van der Waals surface area contributed by atoms with Crippen molar-refractivity contribution in [1.82, 2.24) is 9.97 Å². The molecule has 128 valence electrons. The Kier molecular flexibility index (Phi) is 5.14. The van der Waals surface area contributed by atoms with E-state index in [1.54, 1.807) is 0 Å². The molecular formula is C20H23N5. The fourth-order valence-corrected chi connectivity index (χ4v) is 2.48. The monoisotopic (exact) mass is 333 g/mol. The van der Waals surface area contributed by atoms with E-state index in [1.165, 1.54) is 5.56 Å². The Balaban J connectivity index is 1.70. The summed E-state index contributed by atoms with van der Waals surface area (Å²) in [6.45, 7) is 2.70. The highest BCUT2D eigenvalue weighted by Crippen LogP contribution is 2.19. The van der Waals surface area contributed by atoms with Crippen LogP contribution in [0.1, 0.15) is 11.3 Å². The van der Waals surface area contributed by atoms with Crippen LogP contribution in [0.15, 0.2) is 60.7 Å². The zero-order chi connectivity index (χ0) is 17.6. The van der Waals surface area contributed by atoms with Crippen molar-refractivity contribution in [3.63, 3.8) is 0 Å². The average Bonchev–Trinajstić information content (AvgIpc) is 2.61. The molecule has 0 radical (unpaired) electrons. The largest absolute Gasteiger partial charge is 0.378 e. The Morgan fingerprint density at radius 2 is 1.64 bits per heavy atom. The Hall–Kier alpha value is -3.08. The summed E-state index contributed by atoms with van der Waals surface area (Å²) in [7, 11) is 4.05. The predicted octanol–water partition coefficient (Wildman–Crippen LogP) is 4.21. The van der Waals surface area contributed by atoms with Crippen molar-refractivity contribution in [2.24, 2.45) is 0 Å². The van der Waals surface area contributed by atoms with E-state index in [1.807, 2.05) is 57.4 Å². The van der Waals surface area contributed by atoms with Crippen molar-refractivity contribution in [3.05, 3.63) is 71.9 Å². The first kappa shape index (κ1) is 16.8. The van der Waals surface area contributed by atoms with Gasteiger partial charge >= 0.3 is 0 Å². The third-order valence-corrected chi connectivity index (χ3v) is 3.81. The highest BCUT2D eigenvalue weighted by atomic mass is 15.1. The maximum Gasteiger partial charge on any atom is 0.229 e. The van der Waals surface area contributed by atoms with Crippen molar-refractivity contribution in [2.45, 2.75) is 13.5 Å². The van der Waals surface area contributed by atoms with Crippen LogP contribution in [0.25, 0.3) is 0 Å². The van der Waals surface area contributed by atoms with Crippen LogP contribution in [-0.2, 0) is 6.54 Å². The van der Waals surface area contributed by atoms with Crippen LogP contribution in [0.3, 0.4) is 0 Å².